The minimum absolute atomic E-state index is 0.0858. The molecule has 2 aliphatic heterocycles. The molecule has 2 atom stereocenters. The van der Waals surface area contributed by atoms with Crippen molar-refractivity contribution in [2.75, 3.05) is 43.5 Å². The van der Waals surface area contributed by atoms with Gasteiger partial charge in [-0.3, -0.25) is 4.90 Å². The number of H-pyrrole nitrogens is 1. The van der Waals surface area contributed by atoms with Crippen LogP contribution in [0.3, 0.4) is 0 Å². The van der Waals surface area contributed by atoms with Crippen molar-refractivity contribution in [3.8, 4) is 0 Å². The van der Waals surface area contributed by atoms with E-state index < -0.39 is 23.3 Å². The number of aromatic amines is 1. The number of anilines is 2. The Morgan fingerprint density at radius 3 is 2.74 bits per heavy atom. The smallest absolute Gasteiger partial charge is 0.414 e. The first-order valence-corrected chi connectivity index (χ1v) is 12.7. The molecule has 0 bridgehead atoms. The summed E-state index contributed by atoms with van der Waals surface area (Å²) in [4.78, 5) is 26.3. The number of nitrogens with zero attached hydrogens (tertiary/aromatic N) is 4. The lowest BCUT2D eigenvalue weighted by molar-refractivity contribution is 0.0589. The number of pyridine rings is 1. The van der Waals surface area contributed by atoms with Gasteiger partial charge in [0, 0.05) is 45.0 Å². The van der Waals surface area contributed by atoms with Gasteiger partial charge in [0.1, 0.15) is 11.2 Å². The third kappa shape index (κ3) is 4.14. The fourth-order valence-electron chi connectivity index (χ4n) is 5.55. The molecule has 188 valence electrons. The maximum atomic E-state index is 15.5. The molecule has 2 unspecified atom stereocenters. The normalized spacial score (nSPS) is 21.1. The average Bonchev–Trinajstić information content (AvgIpc) is 3.34. The number of halogens is 3. The number of amides is 1. The highest BCUT2D eigenvalue weighted by Crippen LogP contribution is 2.45. The standard InChI is InChI=1S/C25H30BrF2N5O2/c1-25(2,3)35-24(34)32(5)16-9-15(27)20(28)18-19-22(14(26)10-29-23(19)30-21(16)18)33-8-6-7-13-11-31(4)12-17(13)33/h9-10,13,17H,6-8,11-12H2,1-5H3,(H,29,30). The van der Waals surface area contributed by atoms with E-state index in [4.69, 9.17) is 4.74 Å². The quantitative estimate of drug-likeness (QED) is 0.447. The zero-order valence-electron chi connectivity index (χ0n) is 20.6. The van der Waals surface area contributed by atoms with Crippen LogP contribution in [0.25, 0.3) is 21.9 Å². The number of benzene rings is 1. The number of likely N-dealkylation sites (tertiary alicyclic amines) is 1. The molecule has 0 aliphatic carbocycles. The van der Waals surface area contributed by atoms with E-state index in [0.717, 1.165) is 48.7 Å². The predicted octanol–water partition coefficient (Wildman–Crippen LogP) is 5.66. The van der Waals surface area contributed by atoms with E-state index in [0.29, 0.717) is 22.5 Å². The van der Waals surface area contributed by atoms with Gasteiger partial charge in [0.25, 0.3) is 0 Å². The molecular weight excluding hydrogens is 520 g/mol. The van der Waals surface area contributed by atoms with Crippen molar-refractivity contribution in [2.45, 2.75) is 45.3 Å². The van der Waals surface area contributed by atoms with Crippen LogP contribution in [0.5, 0.6) is 0 Å². The van der Waals surface area contributed by atoms with Gasteiger partial charge in [0.2, 0.25) is 0 Å². The topological polar surface area (TPSA) is 64.7 Å². The summed E-state index contributed by atoms with van der Waals surface area (Å²) in [5.74, 6) is -1.48. The SMILES string of the molecule is CN1CC2CCCN(c3c(Br)cnc4[nH]c5c(N(C)C(=O)OC(C)(C)C)cc(F)c(F)c5c34)C2C1. The molecule has 4 heterocycles. The first-order chi connectivity index (χ1) is 16.5. The van der Waals surface area contributed by atoms with Gasteiger partial charge < -0.3 is 19.5 Å². The van der Waals surface area contributed by atoms with Gasteiger partial charge >= 0.3 is 6.09 Å². The molecule has 35 heavy (non-hydrogen) atoms. The highest BCUT2D eigenvalue weighted by molar-refractivity contribution is 9.10. The molecule has 0 saturated carbocycles. The summed E-state index contributed by atoms with van der Waals surface area (Å²) in [7, 11) is 3.60. The second-order valence-corrected chi connectivity index (χ2v) is 11.5. The maximum absolute atomic E-state index is 15.5. The fraction of sp³-hybridized carbons (Fsp3) is 0.520. The third-order valence-corrected chi connectivity index (χ3v) is 7.56. The molecule has 1 aromatic carbocycles. The number of hydrogen-bond acceptors (Lipinski definition) is 5. The number of aromatic nitrogens is 2. The van der Waals surface area contributed by atoms with Crippen LogP contribution in [0.15, 0.2) is 16.7 Å². The second-order valence-electron chi connectivity index (χ2n) is 10.7. The molecule has 0 spiro atoms. The Labute approximate surface area is 211 Å². The van der Waals surface area contributed by atoms with Crippen LogP contribution in [-0.2, 0) is 4.74 Å². The van der Waals surface area contributed by atoms with Crippen molar-refractivity contribution >= 4 is 55.3 Å². The number of fused-ring (bicyclic) bond motifs is 4. The minimum atomic E-state index is -1.04. The Kier molecular flexibility index (Phi) is 5.95. The number of carbonyl (C=O) groups excluding carboxylic acids is 1. The summed E-state index contributed by atoms with van der Waals surface area (Å²) in [5, 5.41) is 0.600. The number of hydrogen-bond donors (Lipinski definition) is 1. The van der Waals surface area contributed by atoms with E-state index in [1.165, 1.54) is 11.9 Å². The van der Waals surface area contributed by atoms with Crippen LogP contribution in [0.1, 0.15) is 33.6 Å². The van der Waals surface area contributed by atoms with Gasteiger partial charge in [-0.2, -0.15) is 0 Å². The molecule has 2 saturated heterocycles. The number of nitrogens with one attached hydrogen (secondary N) is 1. The van der Waals surface area contributed by atoms with Gasteiger partial charge in [-0.25, -0.2) is 18.6 Å². The zero-order chi connectivity index (χ0) is 25.2. The van der Waals surface area contributed by atoms with Crippen molar-refractivity contribution in [2.24, 2.45) is 5.92 Å². The van der Waals surface area contributed by atoms with Crippen LogP contribution in [0.4, 0.5) is 25.0 Å². The van der Waals surface area contributed by atoms with Crippen LogP contribution < -0.4 is 9.80 Å². The summed E-state index contributed by atoms with van der Waals surface area (Å²) >= 11 is 3.65. The molecule has 5 rings (SSSR count). The molecule has 1 amide bonds. The molecular formula is C25H30BrF2N5O2. The Hall–Kier alpha value is -2.46. The Morgan fingerprint density at radius 2 is 2.03 bits per heavy atom. The van der Waals surface area contributed by atoms with E-state index in [1.54, 1.807) is 27.0 Å². The van der Waals surface area contributed by atoms with Gasteiger partial charge in [0.15, 0.2) is 11.6 Å². The summed E-state index contributed by atoms with van der Waals surface area (Å²) in [6.45, 7) is 8.01. The van der Waals surface area contributed by atoms with E-state index in [9.17, 15) is 9.18 Å². The van der Waals surface area contributed by atoms with E-state index in [2.05, 4.69) is 42.7 Å². The first-order valence-electron chi connectivity index (χ1n) is 11.9. The number of ether oxygens (including phenoxy) is 1. The summed E-state index contributed by atoms with van der Waals surface area (Å²) in [6.07, 6.45) is 3.21. The first kappa shape index (κ1) is 24.2. The van der Waals surface area contributed by atoms with Crippen LogP contribution in [0, 0.1) is 17.6 Å². The lowest BCUT2D eigenvalue weighted by atomic mass is 9.91. The van der Waals surface area contributed by atoms with Crippen molar-refractivity contribution < 1.29 is 18.3 Å². The Balaban J connectivity index is 1.72. The number of piperidine rings is 1. The lowest BCUT2D eigenvalue weighted by Crippen LogP contribution is -2.45. The average molecular weight is 550 g/mol. The number of carbonyl (C=O) groups is 1. The molecule has 2 fully saturated rings. The van der Waals surface area contributed by atoms with Crippen LogP contribution in [0.2, 0.25) is 0 Å². The molecule has 7 nitrogen and oxygen atoms in total. The van der Waals surface area contributed by atoms with E-state index >= 15 is 4.39 Å². The van der Waals surface area contributed by atoms with Crippen molar-refractivity contribution in [3.05, 3.63) is 28.4 Å². The number of rotatable bonds is 2. The largest absolute Gasteiger partial charge is 0.443 e. The van der Waals surface area contributed by atoms with E-state index in [-0.39, 0.29) is 17.1 Å². The maximum Gasteiger partial charge on any atom is 0.414 e. The minimum Gasteiger partial charge on any atom is -0.443 e. The third-order valence-electron chi connectivity index (χ3n) is 6.98. The highest BCUT2D eigenvalue weighted by Gasteiger charge is 2.39. The van der Waals surface area contributed by atoms with Gasteiger partial charge in [0.05, 0.1) is 32.1 Å². The van der Waals surface area contributed by atoms with Crippen molar-refractivity contribution in [3.63, 3.8) is 0 Å². The van der Waals surface area contributed by atoms with E-state index in [1.807, 2.05) is 0 Å². The zero-order valence-corrected chi connectivity index (χ0v) is 22.2. The molecule has 0 radical (unpaired) electrons. The predicted molar refractivity (Wildman–Crippen MR) is 137 cm³/mol. The van der Waals surface area contributed by atoms with Gasteiger partial charge in [-0.15, -0.1) is 0 Å². The molecule has 2 aromatic heterocycles. The molecule has 3 aromatic rings. The number of likely N-dealkylation sites (N-methyl/N-ethyl adjacent to an activating group) is 1. The summed E-state index contributed by atoms with van der Waals surface area (Å²) in [5.41, 5.74) is 1.00. The van der Waals surface area contributed by atoms with Crippen molar-refractivity contribution in [1.82, 2.24) is 14.9 Å². The summed E-state index contributed by atoms with van der Waals surface area (Å²) < 4.78 is 36.7. The monoisotopic (exact) mass is 549 g/mol. The fourth-order valence-corrected chi connectivity index (χ4v) is 6.07. The lowest BCUT2D eigenvalue weighted by Gasteiger charge is -2.39. The van der Waals surface area contributed by atoms with Crippen LogP contribution >= 0.6 is 15.9 Å². The van der Waals surface area contributed by atoms with Gasteiger partial charge in [-0.1, -0.05) is 0 Å². The Morgan fingerprint density at radius 1 is 1.29 bits per heavy atom. The van der Waals surface area contributed by atoms with Crippen molar-refractivity contribution in [1.29, 1.82) is 0 Å². The highest BCUT2D eigenvalue weighted by atomic mass is 79.9. The Bertz CT molecular complexity index is 1320. The molecule has 2 aliphatic rings. The molecule has 1 N–H and O–H groups in total. The van der Waals surface area contributed by atoms with Crippen LogP contribution in [-0.4, -0.2) is 66.3 Å². The second kappa shape index (κ2) is 8.58. The van der Waals surface area contributed by atoms with Gasteiger partial charge in [-0.05, 0) is 62.5 Å². The molecule has 10 heteroatoms. The summed E-state index contributed by atoms with van der Waals surface area (Å²) in [6, 6.07) is 1.30.